The quantitative estimate of drug-likeness (QED) is 0.644. The second-order valence-electron chi connectivity index (χ2n) is 2.37. The Bertz CT molecular complexity index is 357. The van der Waals surface area contributed by atoms with Crippen molar-refractivity contribution in [3.63, 3.8) is 0 Å². The molecule has 0 unspecified atom stereocenters. The number of anilines is 1. The molecule has 4 heteroatoms. The zero-order valence-corrected chi connectivity index (χ0v) is 6.85. The van der Waals surface area contributed by atoms with Gasteiger partial charge < -0.3 is 5.73 Å². The molecule has 0 aromatic carbocycles. The number of nitrogens with two attached hydrogens (primary N) is 1. The van der Waals surface area contributed by atoms with Crippen LogP contribution in [0.1, 0.15) is 5.56 Å². The summed E-state index contributed by atoms with van der Waals surface area (Å²) in [6.45, 7) is 1.93. The number of hydrogen-bond acceptors (Lipinski definition) is 4. The number of fused-ring (bicyclic) bond motifs is 1. The SMILES string of the molecule is Cc1cc2ncsc2nc1N. The second kappa shape index (κ2) is 2.17. The molecule has 0 fully saturated rings. The van der Waals surface area contributed by atoms with Crippen LogP contribution in [0.5, 0.6) is 0 Å². The molecular formula is C7H7N3S. The van der Waals surface area contributed by atoms with E-state index >= 15 is 0 Å². The van der Waals surface area contributed by atoms with E-state index in [1.54, 1.807) is 5.51 Å². The van der Waals surface area contributed by atoms with Crippen LogP contribution >= 0.6 is 11.3 Å². The number of rotatable bonds is 0. The Kier molecular flexibility index (Phi) is 1.29. The van der Waals surface area contributed by atoms with Crippen molar-refractivity contribution >= 4 is 27.5 Å². The highest BCUT2D eigenvalue weighted by Crippen LogP contribution is 2.19. The highest BCUT2D eigenvalue weighted by molar-refractivity contribution is 7.16. The summed E-state index contributed by atoms with van der Waals surface area (Å²) in [7, 11) is 0. The first-order valence-electron chi connectivity index (χ1n) is 3.23. The van der Waals surface area contributed by atoms with Crippen LogP contribution in [0.4, 0.5) is 5.82 Å². The molecule has 2 heterocycles. The summed E-state index contributed by atoms with van der Waals surface area (Å²) in [4.78, 5) is 9.20. The number of hydrogen-bond donors (Lipinski definition) is 1. The van der Waals surface area contributed by atoms with Crippen LogP contribution in [0.3, 0.4) is 0 Å². The lowest BCUT2D eigenvalue weighted by atomic mass is 10.3. The van der Waals surface area contributed by atoms with Crippen molar-refractivity contribution in [2.75, 3.05) is 5.73 Å². The molecular weight excluding hydrogens is 158 g/mol. The molecule has 0 aliphatic rings. The van der Waals surface area contributed by atoms with Gasteiger partial charge in [0, 0.05) is 0 Å². The minimum atomic E-state index is 0.599. The fourth-order valence-electron chi connectivity index (χ4n) is 0.908. The van der Waals surface area contributed by atoms with Gasteiger partial charge in [-0.3, -0.25) is 0 Å². The van der Waals surface area contributed by atoms with Gasteiger partial charge in [-0.05, 0) is 18.6 Å². The summed E-state index contributed by atoms with van der Waals surface area (Å²) in [6, 6.07) is 1.95. The maximum Gasteiger partial charge on any atom is 0.145 e. The number of nitrogens with zero attached hydrogens (tertiary/aromatic N) is 2. The molecule has 0 amide bonds. The van der Waals surface area contributed by atoms with Crippen molar-refractivity contribution in [2.45, 2.75) is 6.92 Å². The van der Waals surface area contributed by atoms with E-state index < -0.39 is 0 Å². The van der Waals surface area contributed by atoms with Gasteiger partial charge in [0.1, 0.15) is 16.2 Å². The van der Waals surface area contributed by atoms with Crippen LogP contribution in [0.15, 0.2) is 11.6 Å². The number of aromatic nitrogens is 2. The monoisotopic (exact) mass is 165 g/mol. The summed E-state index contributed by atoms with van der Waals surface area (Å²) in [5.74, 6) is 0.599. The van der Waals surface area contributed by atoms with Gasteiger partial charge in [-0.15, -0.1) is 11.3 Å². The third-order valence-corrected chi connectivity index (χ3v) is 2.29. The van der Waals surface area contributed by atoms with E-state index in [1.165, 1.54) is 11.3 Å². The van der Waals surface area contributed by atoms with Crippen molar-refractivity contribution in [1.82, 2.24) is 9.97 Å². The van der Waals surface area contributed by atoms with E-state index in [2.05, 4.69) is 9.97 Å². The van der Waals surface area contributed by atoms with Gasteiger partial charge in [0.15, 0.2) is 0 Å². The first kappa shape index (κ1) is 6.54. The topological polar surface area (TPSA) is 51.8 Å². The zero-order valence-electron chi connectivity index (χ0n) is 6.03. The normalized spacial score (nSPS) is 10.6. The molecule has 2 rings (SSSR count). The van der Waals surface area contributed by atoms with E-state index in [0.717, 1.165) is 15.9 Å². The van der Waals surface area contributed by atoms with Crippen molar-refractivity contribution < 1.29 is 0 Å². The Morgan fingerprint density at radius 1 is 1.55 bits per heavy atom. The molecule has 2 N–H and O–H groups in total. The van der Waals surface area contributed by atoms with Crippen molar-refractivity contribution in [1.29, 1.82) is 0 Å². The molecule has 2 aromatic rings. The molecule has 3 nitrogen and oxygen atoms in total. The summed E-state index contributed by atoms with van der Waals surface area (Å²) < 4.78 is 0. The third-order valence-electron chi connectivity index (χ3n) is 1.55. The minimum absolute atomic E-state index is 0.599. The number of nitrogen functional groups attached to an aromatic ring is 1. The average molecular weight is 165 g/mol. The first-order chi connectivity index (χ1) is 5.27. The van der Waals surface area contributed by atoms with Crippen molar-refractivity contribution in [3.8, 4) is 0 Å². The smallest absolute Gasteiger partial charge is 0.145 e. The lowest BCUT2D eigenvalue weighted by Gasteiger charge is -1.95. The van der Waals surface area contributed by atoms with E-state index in [-0.39, 0.29) is 0 Å². The summed E-state index contributed by atoms with van der Waals surface area (Å²) in [5, 5.41) is 0. The maximum absolute atomic E-state index is 5.61. The summed E-state index contributed by atoms with van der Waals surface area (Å²) in [6.07, 6.45) is 0. The highest BCUT2D eigenvalue weighted by Gasteiger charge is 2.00. The van der Waals surface area contributed by atoms with Crippen LogP contribution in [-0.4, -0.2) is 9.97 Å². The van der Waals surface area contributed by atoms with Gasteiger partial charge in [0.2, 0.25) is 0 Å². The van der Waals surface area contributed by atoms with Gasteiger partial charge in [0.25, 0.3) is 0 Å². The average Bonchev–Trinajstić information content (AvgIpc) is 2.36. The Morgan fingerprint density at radius 2 is 2.36 bits per heavy atom. The predicted molar refractivity (Wildman–Crippen MR) is 46.6 cm³/mol. The van der Waals surface area contributed by atoms with E-state index in [1.807, 2.05) is 13.0 Å². The van der Waals surface area contributed by atoms with Gasteiger partial charge in [0.05, 0.1) is 5.51 Å². The Morgan fingerprint density at radius 3 is 3.18 bits per heavy atom. The summed E-state index contributed by atoms with van der Waals surface area (Å²) >= 11 is 1.51. The van der Waals surface area contributed by atoms with E-state index in [9.17, 15) is 0 Å². The minimum Gasteiger partial charge on any atom is -0.383 e. The van der Waals surface area contributed by atoms with Crippen LogP contribution in [-0.2, 0) is 0 Å². The molecule has 0 atom stereocenters. The third kappa shape index (κ3) is 0.952. The molecule has 0 spiro atoms. The largest absolute Gasteiger partial charge is 0.383 e. The molecule has 56 valence electrons. The molecule has 11 heavy (non-hydrogen) atoms. The van der Waals surface area contributed by atoms with Crippen molar-refractivity contribution in [2.24, 2.45) is 0 Å². The van der Waals surface area contributed by atoms with E-state index in [0.29, 0.717) is 5.82 Å². The predicted octanol–water partition coefficient (Wildman–Crippen LogP) is 1.58. The maximum atomic E-state index is 5.61. The van der Waals surface area contributed by atoms with Gasteiger partial charge in [-0.1, -0.05) is 0 Å². The summed E-state index contributed by atoms with van der Waals surface area (Å²) in [5.41, 5.74) is 9.31. The number of pyridine rings is 1. The Balaban J connectivity index is 2.86. The van der Waals surface area contributed by atoms with Gasteiger partial charge in [-0.25, -0.2) is 9.97 Å². The standard InChI is InChI=1S/C7H7N3S/c1-4-2-5-7(10-6(4)8)11-3-9-5/h2-3H,1H3,(H2,8,10). The van der Waals surface area contributed by atoms with Crippen LogP contribution in [0, 0.1) is 6.92 Å². The first-order valence-corrected chi connectivity index (χ1v) is 4.11. The molecule has 0 aliphatic heterocycles. The van der Waals surface area contributed by atoms with Gasteiger partial charge >= 0.3 is 0 Å². The molecule has 0 aliphatic carbocycles. The molecule has 0 bridgehead atoms. The zero-order chi connectivity index (χ0) is 7.84. The van der Waals surface area contributed by atoms with Crippen LogP contribution in [0.25, 0.3) is 10.3 Å². The van der Waals surface area contributed by atoms with Crippen LogP contribution in [0.2, 0.25) is 0 Å². The fourth-order valence-corrected chi connectivity index (χ4v) is 1.56. The molecule has 0 saturated heterocycles. The molecule has 2 aromatic heterocycles. The number of thiazole rings is 1. The highest BCUT2D eigenvalue weighted by atomic mass is 32.1. The lowest BCUT2D eigenvalue weighted by Crippen LogP contribution is -1.92. The van der Waals surface area contributed by atoms with E-state index in [4.69, 9.17) is 5.73 Å². The molecule has 0 radical (unpaired) electrons. The fraction of sp³-hybridized carbons (Fsp3) is 0.143. The lowest BCUT2D eigenvalue weighted by molar-refractivity contribution is 1.34. The Labute approximate surface area is 67.9 Å². The van der Waals surface area contributed by atoms with Gasteiger partial charge in [-0.2, -0.15) is 0 Å². The number of aryl methyl sites for hydroxylation is 1. The van der Waals surface area contributed by atoms with Crippen molar-refractivity contribution in [3.05, 3.63) is 17.1 Å². The molecule has 0 saturated carbocycles. The Hall–Kier alpha value is -1.16. The van der Waals surface area contributed by atoms with Crippen LogP contribution < -0.4 is 5.73 Å². The second-order valence-corrected chi connectivity index (χ2v) is 3.20.